The first-order valence-electron chi connectivity index (χ1n) is 3.77. The molecule has 1 aromatic rings. The van der Waals surface area contributed by atoms with Gasteiger partial charge in [0.1, 0.15) is 0 Å². The van der Waals surface area contributed by atoms with Gasteiger partial charge in [0.15, 0.2) is 11.6 Å². The first kappa shape index (κ1) is 10.0. The Morgan fingerprint density at radius 1 is 1.38 bits per heavy atom. The molecule has 0 unspecified atom stereocenters. The van der Waals surface area contributed by atoms with E-state index in [1.54, 1.807) is 13.0 Å². The predicted molar refractivity (Wildman–Crippen MR) is 47.5 cm³/mol. The highest BCUT2D eigenvalue weighted by Gasteiger charge is 2.20. The summed E-state index contributed by atoms with van der Waals surface area (Å²) in [4.78, 5) is 0. The SMILES string of the molecule is COc1c(C)ccc(B(O)O)c1F. The molecule has 13 heavy (non-hydrogen) atoms. The van der Waals surface area contributed by atoms with Crippen LogP contribution in [-0.2, 0) is 0 Å². The number of halogens is 1. The van der Waals surface area contributed by atoms with Crippen LogP contribution in [0.25, 0.3) is 0 Å². The van der Waals surface area contributed by atoms with E-state index in [0.717, 1.165) is 0 Å². The van der Waals surface area contributed by atoms with E-state index in [4.69, 9.17) is 14.8 Å². The van der Waals surface area contributed by atoms with Gasteiger partial charge in [0.25, 0.3) is 0 Å². The summed E-state index contributed by atoms with van der Waals surface area (Å²) < 4.78 is 18.1. The van der Waals surface area contributed by atoms with E-state index < -0.39 is 12.9 Å². The maximum Gasteiger partial charge on any atom is 0.491 e. The molecule has 0 aromatic heterocycles. The second kappa shape index (κ2) is 3.76. The Labute approximate surface area is 75.9 Å². The molecule has 0 amide bonds. The second-order valence-electron chi connectivity index (χ2n) is 2.69. The van der Waals surface area contributed by atoms with Gasteiger partial charge in [-0.05, 0) is 12.5 Å². The van der Waals surface area contributed by atoms with E-state index >= 15 is 0 Å². The summed E-state index contributed by atoms with van der Waals surface area (Å²) in [5.41, 5.74) is 0.437. The van der Waals surface area contributed by atoms with Crippen molar-refractivity contribution in [1.29, 1.82) is 0 Å². The minimum Gasteiger partial charge on any atom is -0.493 e. The summed E-state index contributed by atoms with van der Waals surface area (Å²) in [6.07, 6.45) is 0. The Bertz CT molecular complexity index is 315. The van der Waals surface area contributed by atoms with Crippen LogP contribution in [0.5, 0.6) is 5.75 Å². The molecule has 5 heteroatoms. The molecule has 0 saturated heterocycles. The number of aryl methyl sites for hydroxylation is 1. The lowest BCUT2D eigenvalue weighted by Gasteiger charge is -2.09. The van der Waals surface area contributed by atoms with Crippen molar-refractivity contribution in [2.45, 2.75) is 6.92 Å². The van der Waals surface area contributed by atoms with Crippen LogP contribution in [-0.4, -0.2) is 24.3 Å². The molecular formula is C8H10BFO3. The van der Waals surface area contributed by atoms with Gasteiger partial charge in [-0.25, -0.2) is 4.39 Å². The van der Waals surface area contributed by atoms with Gasteiger partial charge < -0.3 is 14.8 Å². The van der Waals surface area contributed by atoms with Crippen molar-refractivity contribution in [3.63, 3.8) is 0 Å². The lowest BCUT2D eigenvalue weighted by Crippen LogP contribution is -2.33. The summed E-state index contributed by atoms with van der Waals surface area (Å²) in [6, 6.07) is 2.88. The van der Waals surface area contributed by atoms with E-state index in [1.165, 1.54) is 13.2 Å². The van der Waals surface area contributed by atoms with E-state index in [9.17, 15) is 4.39 Å². The van der Waals surface area contributed by atoms with Crippen LogP contribution in [0.4, 0.5) is 4.39 Å². The van der Waals surface area contributed by atoms with Crippen molar-refractivity contribution in [2.75, 3.05) is 7.11 Å². The highest BCUT2D eigenvalue weighted by atomic mass is 19.1. The van der Waals surface area contributed by atoms with Gasteiger partial charge in [-0.1, -0.05) is 12.1 Å². The predicted octanol–water partition coefficient (Wildman–Crippen LogP) is -0.177. The summed E-state index contributed by atoms with van der Waals surface area (Å²) >= 11 is 0. The van der Waals surface area contributed by atoms with Crippen molar-refractivity contribution in [1.82, 2.24) is 0 Å². The van der Waals surface area contributed by atoms with Gasteiger partial charge in [0.05, 0.1) is 7.11 Å². The molecule has 0 fully saturated rings. The maximum atomic E-state index is 13.3. The molecule has 0 heterocycles. The largest absolute Gasteiger partial charge is 0.493 e. The van der Waals surface area contributed by atoms with Crippen LogP contribution in [0.15, 0.2) is 12.1 Å². The molecule has 70 valence electrons. The van der Waals surface area contributed by atoms with Gasteiger partial charge in [0, 0.05) is 5.46 Å². The van der Waals surface area contributed by atoms with Crippen LogP contribution in [0, 0.1) is 12.7 Å². The Balaban J connectivity index is 3.27. The molecule has 0 bridgehead atoms. The average molecular weight is 184 g/mol. The van der Waals surface area contributed by atoms with E-state index in [1.807, 2.05) is 0 Å². The van der Waals surface area contributed by atoms with Gasteiger partial charge in [-0.15, -0.1) is 0 Å². The lowest BCUT2D eigenvalue weighted by atomic mass is 9.79. The quantitative estimate of drug-likeness (QED) is 0.627. The van der Waals surface area contributed by atoms with Crippen LogP contribution in [0.1, 0.15) is 5.56 Å². The topological polar surface area (TPSA) is 49.7 Å². The molecule has 2 N–H and O–H groups in total. The fourth-order valence-corrected chi connectivity index (χ4v) is 1.12. The van der Waals surface area contributed by atoms with E-state index in [-0.39, 0.29) is 11.2 Å². The Morgan fingerprint density at radius 2 is 2.00 bits per heavy atom. The van der Waals surface area contributed by atoms with E-state index in [0.29, 0.717) is 5.56 Å². The van der Waals surface area contributed by atoms with Crippen molar-refractivity contribution >= 4 is 12.6 Å². The highest BCUT2D eigenvalue weighted by Crippen LogP contribution is 2.19. The number of rotatable bonds is 2. The zero-order valence-corrected chi connectivity index (χ0v) is 7.41. The first-order valence-corrected chi connectivity index (χ1v) is 3.77. The van der Waals surface area contributed by atoms with Crippen LogP contribution >= 0.6 is 0 Å². The molecule has 0 radical (unpaired) electrons. The second-order valence-corrected chi connectivity index (χ2v) is 2.69. The molecule has 3 nitrogen and oxygen atoms in total. The summed E-state index contributed by atoms with van der Waals surface area (Å²) in [6.45, 7) is 1.68. The standard InChI is InChI=1S/C8H10BFO3/c1-5-3-4-6(9(11)12)7(10)8(5)13-2/h3-4,11-12H,1-2H3. The fraction of sp³-hybridized carbons (Fsp3) is 0.250. The third-order valence-corrected chi connectivity index (χ3v) is 1.81. The Morgan fingerprint density at radius 3 is 2.46 bits per heavy atom. The zero-order chi connectivity index (χ0) is 10.0. The summed E-state index contributed by atoms with van der Waals surface area (Å²) in [5, 5.41) is 17.6. The molecule has 0 aliphatic rings. The van der Waals surface area contributed by atoms with Crippen LogP contribution in [0.2, 0.25) is 0 Å². The van der Waals surface area contributed by atoms with Gasteiger partial charge in [-0.3, -0.25) is 0 Å². The molecule has 0 atom stereocenters. The normalized spacial score (nSPS) is 9.92. The fourth-order valence-electron chi connectivity index (χ4n) is 1.12. The highest BCUT2D eigenvalue weighted by molar-refractivity contribution is 6.58. The number of ether oxygens (including phenoxy) is 1. The average Bonchev–Trinajstić information content (AvgIpc) is 2.04. The zero-order valence-electron chi connectivity index (χ0n) is 7.41. The third-order valence-electron chi connectivity index (χ3n) is 1.81. The van der Waals surface area contributed by atoms with Gasteiger partial charge >= 0.3 is 7.12 Å². The molecule has 0 aliphatic carbocycles. The monoisotopic (exact) mass is 184 g/mol. The lowest BCUT2D eigenvalue weighted by molar-refractivity contribution is 0.381. The molecule has 1 aromatic carbocycles. The smallest absolute Gasteiger partial charge is 0.491 e. The summed E-state index contributed by atoms with van der Waals surface area (Å²) in [5.74, 6) is -0.678. The molecule has 0 spiro atoms. The maximum absolute atomic E-state index is 13.3. The molecule has 1 rings (SSSR count). The van der Waals surface area contributed by atoms with Crippen molar-refractivity contribution in [2.24, 2.45) is 0 Å². The Hall–Kier alpha value is -1.07. The molecular weight excluding hydrogens is 174 g/mol. The van der Waals surface area contributed by atoms with Gasteiger partial charge in [-0.2, -0.15) is 0 Å². The van der Waals surface area contributed by atoms with Crippen LogP contribution in [0.3, 0.4) is 0 Å². The van der Waals surface area contributed by atoms with Gasteiger partial charge in [0.2, 0.25) is 0 Å². The van der Waals surface area contributed by atoms with E-state index in [2.05, 4.69) is 0 Å². The minimum absolute atomic E-state index is 0.0469. The van der Waals surface area contributed by atoms with Crippen molar-refractivity contribution < 1.29 is 19.2 Å². The van der Waals surface area contributed by atoms with Crippen LogP contribution < -0.4 is 10.2 Å². The molecule has 0 aliphatic heterocycles. The molecule has 0 saturated carbocycles. The summed E-state index contributed by atoms with van der Waals surface area (Å²) in [7, 11) is -0.478. The number of methoxy groups -OCH3 is 1. The number of hydrogen-bond donors (Lipinski definition) is 2. The first-order chi connectivity index (χ1) is 6.07. The minimum atomic E-state index is -1.81. The number of benzene rings is 1. The Kier molecular flexibility index (Phi) is 2.90. The third kappa shape index (κ3) is 1.81. The van der Waals surface area contributed by atoms with Crippen molar-refractivity contribution in [3.05, 3.63) is 23.5 Å². The number of hydrogen-bond acceptors (Lipinski definition) is 3. The van der Waals surface area contributed by atoms with Crippen molar-refractivity contribution in [3.8, 4) is 5.75 Å².